The molecule has 0 unspecified atom stereocenters. The second kappa shape index (κ2) is 8.72. The zero-order valence-corrected chi connectivity index (χ0v) is 16.4. The molecule has 0 radical (unpaired) electrons. The number of methoxy groups -OCH3 is 1. The van der Waals surface area contributed by atoms with Gasteiger partial charge in [0, 0.05) is 23.7 Å². The Hall–Kier alpha value is -3.42. The highest BCUT2D eigenvalue weighted by Crippen LogP contribution is 2.32. The van der Waals surface area contributed by atoms with Gasteiger partial charge in [-0.3, -0.25) is 19.7 Å². The first-order valence-corrected chi connectivity index (χ1v) is 9.37. The standard InChI is InChI=1S/C21H23N3O5/c1-14-5-6-16(12-19(14)24(27)28)21(26)22-13-20(25)23-11-3-4-18(23)15-7-9-17(29-2)10-8-15/h5-10,12,18H,3-4,11,13H2,1-2H3,(H,22,26)/t18-/m1/s1. The predicted molar refractivity (Wildman–Crippen MR) is 107 cm³/mol. The summed E-state index contributed by atoms with van der Waals surface area (Å²) in [5.74, 6) is 0.0593. The molecular weight excluding hydrogens is 374 g/mol. The van der Waals surface area contributed by atoms with Crippen molar-refractivity contribution >= 4 is 17.5 Å². The Morgan fingerprint density at radius 2 is 1.97 bits per heavy atom. The first-order valence-electron chi connectivity index (χ1n) is 9.37. The van der Waals surface area contributed by atoms with Crippen molar-refractivity contribution in [3.8, 4) is 5.75 Å². The summed E-state index contributed by atoms with van der Waals surface area (Å²) in [5.41, 5.74) is 1.53. The number of nitro benzene ring substituents is 1. The van der Waals surface area contributed by atoms with E-state index in [-0.39, 0.29) is 29.7 Å². The third kappa shape index (κ3) is 4.53. The van der Waals surface area contributed by atoms with Crippen molar-refractivity contribution in [3.63, 3.8) is 0 Å². The molecule has 1 N–H and O–H groups in total. The largest absolute Gasteiger partial charge is 0.497 e. The Morgan fingerprint density at radius 3 is 2.62 bits per heavy atom. The molecule has 0 saturated carbocycles. The minimum Gasteiger partial charge on any atom is -0.497 e. The molecule has 2 aromatic rings. The van der Waals surface area contributed by atoms with Crippen LogP contribution in [0.1, 0.15) is 40.4 Å². The quantitative estimate of drug-likeness (QED) is 0.596. The monoisotopic (exact) mass is 397 g/mol. The Labute approximate surface area is 168 Å². The highest BCUT2D eigenvalue weighted by Gasteiger charge is 2.30. The van der Waals surface area contributed by atoms with Crippen LogP contribution in [-0.4, -0.2) is 41.8 Å². The van der Waals surface area contributed by atoms with Crippen molar-refractivity contribution in [1.82, 2.24) is 10.2 Å². The fraction of sp³-hybridized carbons (Fsp3) is 0.333. The van der Waals surface area contributed by atoms with Crippen molar-refractivity contribution in [2.24, 2.45) is 0 Å². The third-order valence-electron chi connectivity index (χ3n) is 5.14. The van der Waals surface area contributed by atoms with Gasteiger partial charge >= 0.3 is 0 Å². The molecule has 1 atom stereocenters. The van der Waals surface area contributed by atoms with Gasteiger partial charge in [-0.25, -0.2) is 0 Å². The fourth-order valence-electron chi connectivity index (χ4n) is 3.54. The van der Waals surface area contributed by atoms with Crippen LogP contribution < -0.4 is 10.1 Å². The molecule has 1 heterocycles. The van der Waals surface area contributed by atoms with E-state index < -0.39 is 10.8 Å². The van der Waals surface area contributed by atoms with E-state index in [1.807, 2.05) is 24.3 Å². The maximum atomic E-state index is 12.7. The zero-order chi connectivity index (χ0) is 21.0. The molecule has 0 aliphatic carbocycles. The minimum atomic E-state index is -0.527. The highest BCUT2D eigenvalue weighted by molar-refractivity contribution is 5.97. The Morgan fingerprint density at radius 1 is 1.24 bits per heavy atom. The first kappa shape index (κ1) is 20.3. The topological polar surface area (TPSA) is 102 Å². The second-order valence-electron chi connectivity index (χ2n) is 6.96. The number of nitrogens with zero attached hydrogens (tertiary/aromatic N) is 2. The Kier molecular flexibility index (Phi) is 6.11. The van der Waals surface area contributed by atoms with Gasteiger partial charge < -0.3 is 15.0 Å². The summed E-state index contributed by atoms with van der Waals surface area (Å²) in [6, 6.07) is 11.8. The number of nitro groups is 1. The number of hydrogen-bond donors (Lipinski definition) is 1. The van der Waals surface area contributed by atoms with E-state index in [1.165, 1.54) is 18.2 Å². The summed E-state index contributed by atoms with van der Waals surface area (Å²) in [6.07, 6.45) is 1.75. The van der Waals surface area contributed by atoms with Crippen LogP contribution in [0.5, 0.6) is 5.75 Å². The second-order valence-corrected chi connectivity index (χ2v) is 6.96. The molecule has 2 amide bonds. The maximum Gasteiger partial charge on any atom is 0.273 e. The molecule has 0 aromatic heterocycles. The molecular formula is C21H23N3O5. The summed E-state index contributed by atoms with van der Waals surface area (Å²) in [4.78, 5) is 37.3. The smallest absolute Gasteiger partial charge is 0.273 e. The highest BCUT2D eigenvalue weighted by atomic mass is 16.6. The van der Waals surface area contributed by atoms with Crippen molar-refractivity contribution in [1.29, 1.82) is 0 Å². The van der Waals surface area contributed by atoms with Gasteiger partial charge in [0.25, 0.3) is 11.6 Å². The van der Waals surface area contributed by atoms with Gasteiger partial charge in [0.15, 0.2) is 0 Å². The predicted octanol–water partition coefficient (Wildman–Crippen LogP) is 3.01. The summed E-state index contributed by atoms with van der Waals surface area (Å²) < 4.78 is 5.17. The van der Waals surface area contributed by atoms with E-state index in [2.05, 4.69) is 5.32 Å². The molecule has 1 fully saturated rings. The van der Waals surface area contributed by atoms with Crippen molar-refractivity contribution < 1.29 is 19.2 Å². The minimum absolute atomic E-state index is 0.0363. The van der Waals surface area contributed by atoms with E-state index in [0.717, 1.165) is 24.2 Å². The number of benzene rings is 2. The summed E-state index contributed by atoms with van der Waals surface area (Å²) >= 11 is 0. The third-order valence-corrected chi connectivity index (χ3v) is 5.14. The lowest BCUT2D eigenvalue weighted by Gasteiger charge is -2.25. The lowest BCUT2D eigenvalue weighted by Crippen LogP contribution is -2.39. The molecule has 8 nitrogen and oxygen atoms in total. The normalized spacial score (nSPS) is 15.8. The van der Waals surface area contributed by atoms with Crippen molar-refractivity contribution in [2.45, 2.75) is 25.8 Å². The molecule has 3 rings (SSSR count). The summed E-state index contributed by atoms with van der Waals surface area (Å²) in [5, 5.41) is 13.6. The van der Waals surface area contributed by atoms with Crippen LogP contribution in [0.2, 0.25) is 0 Å². The number of ether oxygens (including phenoxy) is 1. The van der Waals surface area contributed by atoms with Gasteiger partial charge in [0.1, 0.15) is 5.75 Å². The van der Waals surface area contributed by atoms with E-state index >= 15 is 0 Å². The molecule has 1 aliphatic rings. The van der Waals surface area contributed by atoms with E-state index in [4.69, 9.17) is 4.74 Å². The van der Waals surface area contributed by atoms with Gasteiger partial charge in [-0.1, -0.05) is 18.2 Å². The van der Waals surface area contributed by atoms with E-state index in [1.54, 1.807) is 18.9 Å². The molecule has 0 spiro atoms. The van der Waals surface area contributed by atoms with E-state index in [0.29, 0.717) is 12.1 Å². The van der Waals surface area contributed by atoms with Gasteiger partial charge in [0.05, 0.1) is 24.6 Å². The number of rotatable bonds is 6. The fourth-order valence-corrected chi connectivity index (χ4v) is 3.54. The van der Waals surface area contributed by atoms with Crippen LogP contribution >= 0.6 is 0 Å². The number of nitrogens with one attached hydrogen (secondary N) is 1. The molecule has 1 aliphatic heterocycles. The van der Waals surface area contributed by atoms with Gasteiger partial charge in [-0.05, 0) is 43.5 Å². The maximum absolute atomic E-state index is 12.7. The zero-order valence-electron chi connectivity index (χ0n) is 16.4. The number of likely N-dealkylation sites (tertiary alicyclic amines) is 1. The van der Waals surface area contributed by atoms with Crippen molar-refractivity contribution in [3.05, 3.63) is 69.3 Å². The molecule has 152 valence electrons. The van der Waals surface area contributed by atoms with Gasteiger partial charge in [-0.2, -0.15) is 0 Å². The average molecular weight is 397 g/mol. The lowest BCUT2D eigenvalue weighted by atomic mass is 10.0. The summed E-state index contributed by atoms with van der Waals surface area (Å²) in [7, 11) is 1.60. The SMILES string of the molecule is COc1ccc([C@H]2CCCN2C(=O)CNC(=O)c2ccc(C)c([N+](=O)[O-])c2)cc1. The molecule has 8 heteroatoms. The van der Waals surface area contributed by atoms with Crippen LogP contribution in [0.4, 0.5) is 5.69 Å². The number of carbonyl (C=O) groups excluding carboxylic acids is 2. The summed E-state index contributed by atoms with van der Waals surface area (Å²) in [6.45, 7) is 2.07. The van der Waals surface area contributed by atoms with Crippen molar-refractivity contribution in [2.75, 3.05) is 20.2 Å². The van der Waals surface area contributed by atoms with Gasteiger partial charge in [-0.15, -0.1) is 0 Å². The average Bonchev–Trinajstić information content (AvgIpc) is 3.22. The van der Waals surface area contributed by atoms with Crippen LogP contribution in [0.3, 0.4) is 0 Å². The first-order chi connectivity index (χ1) is 13.9. The molecule has 29 heavy (non-hydrogen) atoms. The number of hydrogen-bond acceptors (Lipinski definition) is 5. The lowest BCUT2D eigenvalue weighted by molar-refractivity contribution is -0.385. The van der Waals surface area contributed by atoms with Crippen LogP contribution in [0, 0.1) is 17.0 Å². The molecule has 2 aromatic carbocycles. The number of amides is 2. The number of aryl methyl sites for hydroxylation is 1. The van der Waals surface area contributed by atoms with Crippen LogP contribution in [0.15, 0.2) is 42.5 Å². The van der Waals surface area contributed by atoms with Gasteiger partial charge in [0.2, 0.25) is 5.91 Å². The Bertz CT molecular complexity index is 926. The molecule has 0 bridgehead atoms. The van der Waals surface area contributed by atoms with Crippen LogP contribution in [0.25, 0.3) is 0 Å². The number of carbonyl (C=O) groups is 2. The molecule has 1 saturated heterocycles. The Balaban J connectivity index is 1.64. The van der Waals surface area contributed by atoms with Crippen LogP contribution in [-0.2, 0) is 4.79 Å². The van der Waals surface area contributed by atoms with E-state index in [9.17, 15) is 19.7 Å².